The van der Waals surface area contributed by atoms with E-state index in [1.54, 1.807) is 26.4 Å². The molecule has 1 aliphatic rings. The van der Waals surface area contributed by atoms with Gasteiger partial charge in [0.1, 0.15) is 0 Å². The van der Waals surface area contributed by atoms with Crippen LogP contribution in [0.15, 0.2) is 48.5 Å². The lowest BCUT2D eigenvalue weighted by atomic mass is 9.99. The number of anilines is 1. The summed E-state index contributed by atoms with van der Waals surface area (Å²) >= 11 is 0. The van der Waals surface area contributed by atoms with Gasteiger partial charge in [-0.15, -0.1) is 0 Å². The van der Waals surface area contributed by atoms with Crippen LogP contribution in [0.5, 0.6) is 11.5 Å². The summed E-state index contributed by atoms with van der Waals surface area (Å²) in [6.45, 7) is 3.20. The second-order valence-corrected chi connectivity index (χ2v) is 9.79. The number of piperidine rings is 1. The fourth-order valence-electron chi connectivity index (χ4n) is 4.09. The molecular formula is C24H33N3O5S. The number of nitrogens with zero attached hydrogens (tertiary/aromatic N) is 2. The number of nitrogens with one attached hydrogen (secondary N) is 1. The Hall–Kier alpha value is -2.78. The van der Waals surface area contributed by atoms with E-state index in [2.05, 4.69) is 5.32 Å². The van der Waals surface area contributed by atoms with E-state index in [4.69, 9.17) is 9.47 Å². The molecule has 2 aromatic rings. The van der Waals surface area contributed by atoms with Crippen LogP contribution in [0.2, 0.25) is 0 Å². The summed E-state index contributed by atoms with van der Waals surface area (Å²) in [5, 5.41) is 2.97. The van der Waals surface area contributed by atoms with Gasteiger partial charge >= 0.3 is 10.2 Å². The van der Waals surface area contributed by atoms with Gasteiger partial charge in [-0.05, 0) is 56.0 Å². The quantitative estimate of drug-likeness (QED) is 0.571. The molecule has 0 saturated carbocycles. The van der Waals surface area contributed by atoms with Crippen molar-refractivity contribution in [1.29, 1.82) is 0 Å². The molecule has 180 valence electrons. The fourth-order valence-corrected chi connectivity index (χ4v) is 5.81. The summed E-state index contributed by atoms with van der Waals surface area (Å²) in [7, 11) is -0.535. The molecule has 1 heterocycles. The topological polar surface area (TPSA) is 88.2 Å². The van der Waals surface area contributed by atoms with E-state index in [-0.39, 0.29) is 18.4 Å². The molecular weight excluding hydrogens is 442 g/mol. The van der Waals surface area contributed by atoms with Gasteiger partial charge < -0.3 is 14.8 Å². The number of para-hydroxylation sites is 1. The number of amides is 1. The smallest absolute Gasteiger partial charge is 0.304 e. The molecule has 0 radical (unpaired) electrons. The van der Waals surface area contributed by atoms with Crippen LogP contribution in [0.4, 0.5) is 5.69 Å². The number of hydrogen-bond acceptors (Lipinski definition) is 5. The van der Waals surface area contributed by atoms with Crippen LogP contribution in [0.25, 0.3) is 0 Å². The van der Waals surface area contributed by atoms with Crippen LogP contribution in [-0.4, -0.2) is 59.0 Å². The van der Waals surface area contributed by atoms with Gasteiger partial charge in [0, 0.05) is 26.2 Å². The summed E-state index contributed by atoms with van der Waals surface area (Å²) in [5.41, 5.74) is 1.64. The fraction of sp³-hybridized carbons (Fsp3) is 0.458. The highest BCUT2D eigenvalue weighted by Gasteiger charge is 2.35. The van der Waals surface area contributed by atoms with Crippen molar-refractivity contribution in [3.05, 3.63) is 54.1 Å². The maximum atomic E-state index is 13.3. The highest BCUT2D eigenvalue weighted by Crippen LogP contribution is 2.28. The minimum atomic E-state index is -3.71. The third-order valence-corrected chi connectivity index (χ3v) is 7.86. The van der Waals surface area contributed by atoms with E-state index in [0.717, 1.165) is 5.56 Å². The standard InChI is InChI=1S/C24H33N3O5S/c1-4-27(21-10-6-5-7-11-21)33(29,30)26-16-8-9-20(18-26)24(28)25-15-14-19-12-13-22(31-2)23(17-19)32-3/h5-7,10-13,17,20H,4,8-9,14-16,18H2,1-3H3,(H,25,28). The number of rotatable bonds is 10. The third-order valence-electron chi connectivity index (χ3n) is 5.85. The molecule has 1 saturated heterocycles. The summed E-state index contributed by atoms with van der Waals surface area (Å²) in [5.74, 6) is 0.824. The molecule has 2 aromatic carbocycles. The van der Waals surface area contributed by atoms with E-state index >= 15 is 0 Å². The summed E-state index contributed by atoms with van der Waals surface area (Å²) < 4.78 is 40.0. The van der Waals surface area contributed by atoms with Gasteiger partial charge in [-0.2, -0.15) is 12.7 Å². The Morgan fingerprint density at radius 3 is 2.52 bits per heavy atom. The Labute approximate surface area is 196 Å². The molecule has 3 rings (SSSR count). The van der Waals surface area contributed by atoms with Crippen molar-refractivity contribution in [2.24, 2.45) is 5.92 Å². The van der Waals surface area contributed by atoms with E-state index in [9.17, 15) is 13.2 Å². The number of hydrogen-bond donors (Lipinski definition) is 1. The van der Waals surface area contributed by atoms with E-state index in [1.165, 1.54) is 8.61 Å². The lowest BCUT2D eigenvalue weighted by Gasteiger charge is -2.35. The lowest BCUT2D eigenvalue weighted by molar-refractivity contribution is -0.126. The van der Waals surface area contributed by atoms with E-state index in [0.29, 0.717) is 56.1 Å². The highest BCUT2D eigenvalue weighted by atomic mass is 32.2. The average Bonchev–Trinajstić information content (AvgIpc) is 2.84. The maximum absolute atomic E-state index is 13.3. The first-order valence-corrected chi connectivity index (χ1v) is 12.6. The van der Waals surface area contributed by atoms with Crippen LogP contribution in [0, 0.1) is 5.92 Å². The second-order valence-electron chi connectivity index (χ2n) is 7.94. The summed E-state index contributed by atoms with van der Waals surface area (Å²) in [4.78, 5) is 12.8. The summed E-state index contributed by atoms with van der Waals surface area (Å²) in [6.07, 6.45) is 1.96. The van der Waals surface area contributed by atoms with Crippen LogP contribution in [0.3, 0.4) is 0 Å². The zero-order valence-corrected chi connectivity index (χ0v) is 20.3. The molecule has 8 nitrogen and oxygen atoms in total. The molecule has 1 fully saturated rings. The van der Waals surface area contributed by atoms with Crippen molar-refractivity contribution in [2.45, 2.75) is 26.2 Å². The van der Waals surface area contributed by atoms with Gasteiger partial charge in [-0.25, -0.2) is 0 Å². The van der Waals surface area contributed by atoms with Crippen molar-refractivity contribution < 1.29 is 22.7 Å². The number of carbonyl (C=O) groups excluding carboxylic acids is 1. The van der Waals surface area contributed by atoms with Gasteiger partial charge in [-0.1, -0.05) is 24.3 Å². The van der Waals surface area contributed by atoms with E-state index in [1.807, 2.05) is 43.3 Å². The predicted molar refractivity (Wildman–Crippen MR) is 129 cm³/mol. The normalized spacial score (nSPS) is 16.8. The number of ether oxygens (including phenoxy) is 2. The molecule has 1 N–H and O–H groups in total. The first-order chi connectivity index (χ1) is 15.9. The van der Waals surface area contributed by atoms with Gasteiger partial charge in [-0.3, -0.25) is 9.10 Å². The Kier molecular flexibility index (Phi) is 8.57. The molecule has 1 amide bonds. The second kappa shape index (κ2) is 11.4. The monoisotopic (exact) mass is 475 g/mol. The highest BCUT2D eigenvalue weighted by molar-refractivity contribution is 7.90. The third kappa shape index (κ3) is 5.97. The minimum absolute atomic E-state index is 0.113. The van der Waals surface area contributed by atoms with E-state index < -0.39 is 10.2 Å². The van der Waals surface area contributed by atoms with Gasteiger partial charge in [0.15, 0.2) is 11.5 Å². The van der Waals surface area contributed by atoms with Gasteiger partial charge in [0.25, 0.3) is 0 Å². The van der Waals surface area contributed by atoms with Crippen LogP contribution >= 0.6 is 0 Å². The van der Waals surface area contributed by atoms with Gasteiger partial charge in [0.2, 0.25) is 5.91 Å². The van der Waals surface area contributed by atoms with Crippen LogP contribution in [0.1, 0.15) is 25.3 Å². The zero-order chi connectivity index (χ0) is 23.8. The molecule has 9 heteroatoms. The number of benzene rings is 2. The molecule has 0 spiro atoms. The maximum Gasteiger partial charge on any atom is 0.304 e. The van der Waals surface area contributed by atoms with Crippen molar-refractivity contribution >= 4 is 21.8 Å². The first-order valence-electron chi connectivity index (χ1n) is 11.2. The van der Waals surface area contributed by atoms with Crippen molar-refractivity contribution in [1.82, 2.24) is 9.62 Å². The number of methoxy groups -OCH3 is 2. The molecule has 0 bridgehead atoms. The molecule has 1 atom stereocenters. The number of carbonyl (C=O) groups is 1. The van der Waals surface area contributed by atoms with Crippen LogP contribution in [-0.2, 0) is 21.4 Å². The lowest BCUT2D eigenvalue weighted by Crippen LogP contribution is -2.50. The van der Waals surface area contributed by atoms with Gasteiger partial charge in [0.05, 0.1) is 25.8 Å². The average molecular weight is 476 g/mol. The molecule has 1 aliphatic heterocycles. The van der Waals surface area contributed by atoms with Crippen LogP contribution < -0.4 is 19.1 Å². The predicted octanol–water partition coefficient (Wildman–Crippen LogP) is 2.85. The zero-order valence-electron chi connectivity index (χ0n) is 19.5. The molecule has 0 aliphatic carbocycles. The first kappa shape index (κ1) is 24.9. The molecule has 0 aromatic heterocycles. The molecule has 33 heavy (non-hydrogen) atoms. The van der Waals surface area contributed by atoms with Crippen molar-refractivity contribution in [3.63, 3.8) is 0 Å². The SMILES string of the molecule is CCN(c1ccccc1)S(=O)(=O)N1CCCC(C(=O)NCCc2ccc(OC)c(OC)c2)C1. The molecule has 1 unspecified atom stereocenters. The van der Waals surface area contributed by atoms with Crippen molar-refractivity contribution in [3.8, 4) is 11.5 Å². The Morgan fingerprint density at radius 2 is 1.85 bits per heavy atom. The van der Waals surface area contributed by atoms with Crippen molar-refractivity contribution in [2.75, 3.05) is 44.7 Å². The minimum Gasteiger partial charge on any atom is -0.493 e. The Balaban J connectivity index is 1.59. The Morgan fingerprint density at radius 1 is 1.12 bits per heavy atom. The summed E-state index contributed by atoms with van der Waals surface area (Å²) in [6, 6.07) is 14.7. The Bertz CT molecular complexity index is 1030. The largest absolute Gasteiger partial charge is 0.493 e.